The molecule has 0 radical (unpaired) electrons. The third kappa shape index (κ3) is 74.5. The van der Waals surface area contributed by atoms with Crippen molar-refractivity contribution in [2.75, 3.05) is 47.5 Å². The van der Waals surface area contributed by atoms with Gasteiger partial charge in [0.1, 0.15) is 13.2 Å². The third-order valence-electron chi connectivity index (χ3n) is 18.0. The number of carboxylic acids is 1. The topological polar surface area (TPSA) is 111 Å². The number of carboxylic acid groups (broad SMARTS) is 1. The van der Waals surface area contributed by atoms with Gasteiger partial charge in [-0.3, -0.25) is 9.59 Å². The normalized spacial score (nSPS) is 12.8. The van der Waals surface area contributed by atoms with Gasteiger partial charge in [0, 0.05) is 12.8 Å². The quantitative estimate of drug-likeness (QED) is 0.0195. The second-order valence-electron chi connectivity index (χ2n) is 28.4. The fraction of sp³-hybridized carbons (Fsp3) is 0.866. The van der Waals surface area contributed by atoms with Crippen LogP contribution in [0.5, 0.6) is 0 Å². The van der Waals surface area contributed by atoms with Gasteiger partial charge in [-0.1, -0.05) is 358 Å². The van der Waals surface area contributed by atoms with Crippen molar-refractivity contribution in [3.8, 4) is 0 Å². The Morgan fingerprint density at radius 2 is 0.593 bits per heavy atom. The lowest BCUT2D eigenvalue weighted by atomic mass is 10.0. The van der Waals surface area contributed by atoms with Crippen molar-refractivity contribution in [3.63, 3.8) is 0 Å². The van der Waals surface area contributed by atoms with Gasteiger partial charge in [0.15, 0.2) is 12.4 Å². The molecule has 0 saturated heterocycles. The van der Waals surface area contributed by atoms with E-state index in [9.17, 15) is 19.5 Å². The summed E-state index contributed by atoms with van der Waals surface area (Å²) in [4.78, 5) is 37.6. The Morgan fingerprint density at radius 3 is 0.868 bits per heavy atom. The molecule has 2 unspecified atom stereocenters. The Kier molecular flexibility index (Phi) is 70.9. The van der Waals surface area contributed by atoms with E-state index < -0.39 is 24.3 Å². The van der Waals surface area contributed by atoms with Gasteiger partial charge >= 0.3 is 11.9 Å². The summed E-state index contributed by atoms with van der Waals surface area (Å²) in [7, 11) is 5.95. The second-order valence-corrected chi connectivity index (χ2v) is 28.4. The van der Waals surface area contributed by atoms with Gasteiger partial charge in [0.25, 0.3) is 0 Å². The molecule has 0 aliphatic heterocycles. The van der Waals surface area contributed by atoms with Gasteiger partial charge in [0.05, 0.1) is 40.3 Å². The first-order chi connectivity index (χ1) is 44.6. The van der Waals surface area contributed by atoms with E-state index in [2.05, 4.69) is 62.5 Å². The summed E-state index contributed by atoms with van der Waals surface area (Å²) in [6.07, 6.45) is 92.4. The van der Waals surface area contributed by atoms with Gasteiger partial charge in [-0.2, -0.15) is 0 Å². The number of nitrogens with zero attached hydrogens (tertiary/aromatic N) is 1. The molecule has 0 aliphatic rings. The maximum atomic E-state index is 13.0. The van der Waals surface area contributed by atoms with Crippen LogP contribution in [0.4, 0.5) is 0 Å². The van der Waals surface area contributed by atoms with Gasteiger partial charge in [0.2, 0.25) is 0 Å². The summed E-state index contributed by atoms with van der Waals surface area (Å²) < 4.78 is 22.9. The molecule has 0 fully saturated rings. The molecule has 91 heavy (non-hydrogen) atoms. The van der Waals surface area contributed by atoms with E-state index in [1.165, 1.54) is 321 Å². The number of likely N-dealkylation sites (N-methyl/N-ethyl adjacent to an activating group) is 1. The maximum absolute atomic E-state index is 13.0. The average Bonchev–Trinajstić information content (AvgIpc) is 3.53. The predicted molar refractivity (Wildman–Crippen MR) is 389 cm³/mol. The van der Waals surface area contributed by atoms with Crippen LogP contribution in [0.1, 0.15) is 399 Å². The zero-order valence-corrected chi connectivity index (χ0v) is 61.2. The van der Waals surface area contributed by atoms with Crippen LogP contribution in [0.2, 0.25) is 0 Å². The van der Waals surface area contributed by atoms with Crippen LogP contribution in [-0.2, 0) is 33.3 Å². The van der Waals surface area contributed by atoms with E-state index in [1.807, 2.05) is 21.1 Å². The highest BCUT2D eigenvalue weighted by Gasteiger charge is 2.22. The van der Waals surface area contributed by atoms with Gasteiger partial charge in [-0.05, 0) is 77.0 Å². The van der Waals surface area contributed by atoms with E-state index in [1.54, 1.807) is 0 Å². The third-order valence-corrected chi connectivity index (χ3v) is 18.0. The monoisotopic (exact) mass is 1280 g/mol. The molecule has 0 saturated carbocycles. The number of carbonyl (C=O) groups is 3. The SMILES string of the molecule is CCCCCCC/C=C\C/C=C\CCCCCCCCCCCCCCCCCCCCCCCCCCCCCCCC(=O)OC(COC(=O)CCCCCCCCCCCCCCC/C=C\C/C=C\CCCCCCC)COC(OCC[N+](C)(C)C)C(=O)[O-]. The molecule has 0 aliphatic carbocycles. The number of esters is 2. The molecular weight excluding hydrogens is 1130 g/mol. The molecule has 9 nitrogen and oxygen atoms in total. The molecule has 0 rings (SSSR count). The summed E-state index contributed by atoms with van der Waals surface area (Å²) in [6.45, 7) is 4.79. The first kappa shape index (κ1) is 88.2. The Bertz CT molecular complexity index is 1630. The fourth-order valence-electron chi connectivity index (χ4n) is 12.0. The number of hydrogen-bond donors (Lipinski definition) is 0. The number of unbranched alkanes of at least 4 members (excludes halogenated alkanes) is 52. The lowest BCUT2D eigenvalue weighted by Crippen LogP contribution is -2.44. The molecule has 0 spiro atoms. The van der Waals surface area contributed by atoms with Crippen molar-refractivity contribution >= 4 is 17.9 Å². The molecule has 0 amide bonds. The molecule has 534 valence electrons. The number of quaternary nitrogens is 1. The minimum absolute atomic E-state index is 0.150. The van der Waals surface area contributed by atoms with Gasteiger partial charge in [-0.15, -0.1) is 0 Å². The Labute approximate surface area is 565 Å². The van der Waals surface area contributed by atoms with Crippen LogP contribution in [0.25, 0.3) is 0 Å². The maximum Gasteiger partial charge on any atom is 0.306 e. The minimum Gasteiger partial charge on any atom is -0.545 e. The predicted octanol–water partition coefficient (Wildman–Crippen LogP) is 23.9. The number of rotatable bonds is 75. The zero-order chi connectivity index (χ0) is 66.1. The first-order valence-electron chi connectivity index (χ1n) is 39.8. The van der Waals surface area contributed by atoms with Crippen molar-refractivity contribution in [2.24, 2.45) is 0 Å². The molecular formula is C82H153NO8. The molecule has 0 aromatic rings. The Morgan fingerprint density at radius 1 is 0.330 bits per heavy atom. The van der Waals surface area contributed by atoms with Crippen LogP contribution < -0.4 is 5.11 Å². The highest BCUT2D eigenvalue weighted by atomic mass is 16.7. The number of allylic oxidation sites excluding steroid dienone is 8. The molecule has 0 heterocycles. The number of carbonyl (C=O) groups excluding carboxylic acids is 3. The van der Waals surface area contributed by atoms with Gasteiger partial charge < -0.3 is 33.3 Å². The molecule has 0 aromatic heterocycles. The van der Waals surface area contributed by atoms with Crippen molar-refractivity contribution < 1.29 is 42.9 Å². The van der Waals surface area contributed by atoms with Crippen LogP contribution in [0.3, 0.4) is 0 Å². The Hall–Kier alpha value is -2.75. The smallest absolute Gasteiger partial charge is 0.306 e. The number of hydrogen-bond acceptors (Lipinski definition) is 8. The summed E-state index contributed by atoms with van der Waals surface area (Å²) in [5.74, 6) is -2.26. The zero-order valence-electron chi connectivity index (χ0n) is 61.2. The number of ether oxygens (including phenoxy) is 4. The van der Waals surface area contributed by atoms with E-state index in [-0.39, 0.29) is 32.2 Å². The molecule has 0 N–H and O–H groups in total. The molecule has 2 atom stereocenters. The summed E-state index contributed by atoms with van der Waals surface area (Å²) in [5, 5.41) is 11.8. The van der Waals surface area contributed by atoms with Crippen LogP contribution in [0.15, 0.2) is 48.6 Å². The standard InChI is InChI=1S/C82H153NO8/c1-6-8-10-12-14-16-18-20-22-24-26-28-30-32-33-34-35-36-37-38-39-40-41-42-43-44-45-46-47-49-51-53-55-57-59-61-63-65-67-69-71-73-80(85)91-78(77-90-82(81(86)87)88-75-74-83(3,4)5)76-89-79(84)72-70-68-66-64-62-60-58-56-54-52-50-48-31-29-27-25-23-21-19-17-15-13-11-9-7-2/h18-21,24-27,78,82H,6-17,22-23,28-77H2,1-5H3/b20-18-,21-19-,26-24-,27-25-. The average molecular weight is 1280 g/mol. The highest BCUT2D eigenvalue weighted by Crippen LogP contribution is 2.19. The minimum atomic E-state index is -1.62. The van der Waals surface area contributed by atoms with Crippen molar-refractivity contribution in [1.82, 2.24) is 0 Å². The van der Waals surface area contributed by atoms with Gasteiger partial charge in [-0.25, -0.2) is 0 Å². The first-order valence-corrected chi connectivity index (χ1v) is 39.8. The number of aliphatic carboxylic acids is 1. The summed E-state index contributed by atoms with van der Waals surface area (Å²) in [5.41, 5.74) is 0. The van der Waals surface area contributed by atoms with E-state index in [0.29, 0.717) is 17.4 Å². The van der Waals surface area contributed by atoms with Crippen LogP contribution in [0, 0.1) is 0 Å². The van der Waals surface area contributed by atoms with Crippen molar-refractivity contribution in [2.45, 2.75) is 411 Å². The second kappa shape index (κ2) is 73.1. The highest BCUT2D eigenvalue weighted by molar-refractivity contribution is 5.70. The molecule has 9 heteroatoms. The molecule has 0 aromatic carbocycles. The fourth-order valence-corrected chi connectivity index (χ4v) is 12.0. The van der Waals surface area contributed by atoms with E-state index in [0.717, 1.165) is 51.4 Å². The van der Waals surface area contributed by atoms with Crippen molar-refractivity contribution in [1.29, 1.82) is 0 Å². The van der Waals surface area contributed by atoms with Crippen LogP contribution in [-0.4, -0.2) is 82.3 Å². The Balaban J connectivity index is 3.94. The van der Waals surface area contributed by atoms with E-state index >= 15 is 0 Å². The van der Waals surface area contributed by atoms with Crippen molar-refractivity contribution in [3.05, 3.63) is 48.6 Å². The largest absolute Gasteiger partial charge is 0.545 e. The molecule has 0 bridgehead atoms. The van der Waals surface area contributed by atoms with E-state index in [4.69, 9.17) is 18.9 Å². The summed E-state index contributed by atoms with van der Waals surface area (Å²) in [6, 6.07) is 0. The lowest BCUT2D eigenvalue weighted by Gasteiger charge is -2.26. The lowest BCUT2D eigenvalue weighted by molar-refractivity contribution is -0.870. The van der Waals surface area contributed by atoms with Crippen LogP contribution >= 0.6 is 0 Å². The summed E-state index contributed by atoms with van der Waals surface area (Å²) >= 11 is 0.